The van der Waals surface area contributed by atoms with Crippen LogP contribution in [-0.4, -0.2) is 35.2 Å². The molecule has 3 heterocycles. The summed E-state index contributed by atoms with van der Waals surface area (Å²) in [4.78, 5) is 28.0. The molecule has 3 aliphatic rings. The van der Waals surface area contributed by atoms with E-state index in [4.69, 9.17) is 26.2 Å². The third-order valence-corrected chi connectivity index (χ3v) is 7.81. The Morgan fingerprint density at radius 3 is 2.47 bits per heavy atom. The van der Waals surface area contributed by atoms with Crippen LogP contribution in [0, 0.1) is 23.2 Å². The zero-order chi connectivity index (χ0) is 26.3. The van der Waals surface area contributed by atoms with Gasteiger partial charge in [-0.25, -0.2) is 4.90 Å². The Labute approximate surface area is 204 Å². The third-order valence-electron chi connectivity index (χ3n) is 7.81. The summed E-state index contributed by atoms with van der Waals surface area (Å²) < 4.78 is 52.8. The minimum atomic E-state index is -4.85. The first kappa shape index (κ1) is 24.1. The number of imide groups is 1. The van der Waals surface area contributed by atoms with Crippen LogP contribution in [0.4, 0.5) is 24.5 Å². The van der Waals surface area contributed by atoms with Crippen molar-refractivity contribution in [3.8, 4) is 11.8 Å². The zero-order valence-corrected chi connectivity index (χ0v) is 19.4. The Kier molecular flexibility index (Phi) is 4.98. The number of carbonyl (C=O) groups excluding carboxylic acids is 2. The van der Waals surface area contributed by atoms with Gasteiger partial charge in [-0.05, 0) is 62.7 Å². The van der Waals surface area contributed by atoms with Gasteiger partial charge in [0.15, 0.2) is 0 Å². The minimum absolute atomic E-state index is 0.137. The van der Waals surface area contributed by atoms with Crippen molar-refractivity contribution in [2.75, 3.05) is 17.2 Å². The van der Waals surface area contributed by atoms with Crippen molar-refractivity contribution >= 4 is 23.2 Å². The molecule has 0 saturated carbocycles. The lowest BCUT2D eigenvalue weighted by molar-refractivity contribution is -0.138. The van der Waals surface area contributed by atoms with Crippen LogP contribution in [0.2, 0.25) is 0 Å². The molecule has 188 valence electrons. The summed E-state index contributed by atoms with van der Waals surface area (Å²) in [5.74, 6) is -2.51. The molecule has 2 aromatic carbocycles. The lowest BCUT2D eigenvalue weighted by Gasteiger charge is -2.42. The average Bonchev–Trinajstić information content (AvgIpc) is 3.28. The van der Waals surface area contributed by atoms with Gasteiger partial charge in [0.25, 0.3) is 5.91 Å². The largest absolute Gasteiger partial charge is 0.493 e. The van der Waals surface area contributed by atoms with Crippen LogP contribution >= 0.6 is 0 Å². The van der Waals surface area contributed by atoms with Gasteiger partial charge < -0.3 is 20.9 Å². The second-order valence-corrected chi connectivity index (χ2v) is 9.92. The molecule has 0 aromatic heterocycles. The normalized spacial score (nSPS) is 33.1. The summed E-state index contributed by atoms with van der Waals surface area (Å²) in [5, 5.41) is 9.08. The number of ether oxygens (including phenoxy) is 2. The highest BCUT2D eigenvalue weighted by molar-refractivity contribution is 6.27. The van der Waals surface area contributed by atoms with Gasteiger partial charge in [-0.3, -0.25) is 9.59 Å². The van der Waals surface area contributed by atoms with E-state index in [1.165, 1.54) is 6.07 Å². The molecule has 5 rings (SSSR count). The van der Waals surface area contributed by atoms with Gasteiger partial charge in [0.05, 0.1) is 41.0 Å². The van der Waals surface area contributed by atoms with Gasteiger partial charge in [0.1, 0.15) is 16.9 Å². The molecular formula is C25H23F3N4O4. The molecule has 36 heavy (non-hydrogen) atoms. The maximum Gasteiger partial charge on any atom is 0.417 e. The van der Waals surface area contributed by atoms with Gasteiger partial charge >= 0.3 is 6.18 Å². The third kappa shape index (κ3) is 3.07. The predicted octanol–water partition coefficient (Wildman–Crippen LogP) is 2.99. The number of fused-ring (bicyclic) bond motifs is 5. The summed E-state index contributed by atoms with van der Waals surface area (Å²) in [5.41, 5.74) is 6.57. The van der Waals surface area contributed by atoms with Crippen LogP contribution in [-0.2, 0) is 20.5 Å². The number of hydrogen-bond acceptors (Lipinski definition) is 7. The second kappa shape index (κ2) is 7.44. The highest BCUT2D eigenvalue weighted by atomic mass is 19.4. The van der Waals surface area contributed by atoms with Crippen LogP contribution in [0.5, 0.6) is 5.75 Å². The smallest absolute Gasteiger partial charge is 0.417 e. The molecule has 2 amide bonds. The summed E-state index contributed by atoms with van der Waals surface area (Å²) in [6.07, 6.45) is -4.50. The van der Waals surface area contributed by atoms with E-state index >= 15 is 0 Å². The Balaban J connectivity index is 1.50. The molecule has 3 fully saturated rings. The first-order valence-electron chi connectivity index (χ1n) is 11.2. The van der Waals surface area contributed by atoms with Crippen molar-refractivity contribution < 1.29 is 32.2 Å². The van der Waals surface area contributed by atoms with Crippen molar-refractivity contribution in [3.05, 3.63) is 53.6 Å². The summed E-state index contributed by atoms with van der Waals surface area (Å²) in [7, 11) is 0. The number of nitrogens with zero attached hydrogens (tertiary/aromatic N) is 2. The summed E-state index contributed by atoms with van der Waals surface area (Å²) in [6, 6.07) is 11.0. The van der Waals surface area contributed by atoms with Crippen molar-refractivity contribution in [2.45, 2.75) is 43.2 Å². The fourth-order valence-electron chi connectivity index (χ4n) is 6.09. The number of carbonyl (C=O) groups is 2. The molecule has 0 radical (unpaired) electrons. The standard InChI is InChI=1S/C25H23F3N4O4/c1-22-10-14(12-35-17-7-4-15(30)5-8-17)23(2,36-22)24(31)19(22)20(33)32(21(24)34)16-6-3-13(11-29)18(9-16)25(26,27)28/h3-9,14,19H,10,12,30-31H2,1-2H3/t14-,19+,22+,23-,24+/m0/s1. The molecule has 8 nitrogen and oxygen atoms in total. The molecule has 2 aromatic rings. The number of amides is 2. The molecule has 2 bridgehead atoms. The number of hydrogen-bond donors (Lipinski definition) is 2. The number of rotatable bonds is 4. The van der Waals surface area contributed by atoms with E-state index in [1.807, 2.05) is 0 Å². The Morgan fingerprint density at radius 2 is 1.86 bits per heavy atom. The van der Waals surface area contributed by atoms with Gasteiger partial charge in [-0.2, -0.15) is 18.4 Å². The molecular weight excluding hydrogens is 477 g/mol. The van der Waals surface area contributed by atoms with E-state index in [2.05, 4.69) is 0 Å². The highest BCUT2D eigenvalue weighted by Gasteiger charge is 2.82. The predicted molar refractivity (Wildman–Crippen MR) is 121 cm³/mol. The van der Waals surface area contributed by atoms with Gasteiger partial charge in [-0.1, -0.05) is 0 Å². The molecule has 0 unspecified atom stereocenters. The molecule has 3 aliphatic heterocycles. The fraction of sp³-hybridized carbons (Fsp3) is 0.400. The monoisotopic (exact) mass is 500 g/mol. The lowest BCUT2D eigenvalue weighted by atomic mass is 9.59. The number of nitriles is 1. The van der Waals surface area contributed by atoms with Crippen molar-refractivity contribution in [2.24, 2.45) is 17.6 Å². The van der Waals surface area contributed by atoms with E-state index in [0.29, 0.717) is 28.8 Å². The topological polar surface area (TPSA) is 132 Å². The van der Waals surface area contributed by atoms with Gasteiger partial charge in [0, 0.05) is 11.6 Å². The Morgan fingerprint density at radius 1 is 1.19 bits per heavy atom. The van der Waals surface area contributed by atoms with E-state index in [1.54, 1.807) is 38.1 Å². The zero-order valence-electron chi connectivity index (χ0n) is 19.4. The maximum atomic E-state index is 13.7. The average molecular weight is 500 g/mol. The SMILES string of the molecule is C[C@]12C[C@@H](COc3ccc(N)cc3)[C@](C)(O1)[C@]1(N)C(=O)N(c3ccc(C#N)c(C(F)(F)F)c3)C(=O)[C@H]21. The number of anilines is 2. The van der Waals surface area contributed by atoms with E-state index in [-0.39, 0.29) is 18.2 Å². The number of halogens is 3. The highest BCUT2D eigenvalue weighted by Crippen LogP contribution is 2.64. The summed E-state index contributed by atoms with van der Waals surface area (Å²) >= 11 is 0. The quantitative estimate of drug-likeness (QED) is 0.487. The molecule has 0 aliphatic carbocycles. The van der Waals surface area contributed by atoms with Crippen molar-refractivity contribution in [3.63, 3.8) is 0 Å². The Bertz CT molecular complexity index is 1320. The van der Waals surface area contributed by atoms with E-state index in [0.717, 1.165) is 12.1 Å². The summed E-state index contributed by atoms with van der Waals surface area (Å²) in [6.45, 7) is 3.46. The van der Waals surface area contributed by atoms with Crippen LogP contribution in [0.1, 0.15) is 31.4 Å². The van der Waals surface area contributed by atoms with Crippen LogP contribution < -0.4 is 21.1 Å². The molecule has 4 N–H and O–H groups in total. The Hall–Kier alpha value is -3.62. The van der Waals surface area contributed by atoms with Crippen LogP contribution in [0.3, 0.4) is 0 Å². The molecule has 0 spiro atoms. The number of alkyl halides is 3. The first-order valence-corrected chi connectivity index (χ1v) is 11.2. The number of nitrogens with two attached hydrogens (primary N) is 2. The lowest BCUT2D eigenvalue weighted by Crippen LogP contribution is -2.68. The first-order chi connectivity index (χ1) is 16.8. The van der Waals surface area contributed by atoms with Crippen LogP contribution in [0.25, 0.3) is 0 Å². The number of benzene rings is 2. The van der Waals surface area contributed by atoms with Crippen molar-refractivity contribution in [1.29, 1.82) is 5.26 Å². The number of nitrogen functional groups attached to an aromatic ring is 1. The molecule has 3 saturated heterocycles. The van der Waals surface area contributed by atoms with Gasteiger partial charge in [-0.15, -0.1) is 0 Å². The minimum Gasteiger partial charge on any atom is -0.493 e. The second-order valence-electron chi connectivity index (χ2n) is 9.92. The van der Waals surface area contributed by atoms with Gasteiger partial charge in [0.2, 0.25) is 5.91 Å². The van der Waals surface area contributed by atoms with E-state index < -0.39 is 51.8 Å². The maximum absolute atomic E-state index is 13.7. The molecule has 11 heteroatoms. The fourth-order valence-corrected chi connectivity index (χ4v) is 6.09. The van der Waals surface area contributed by atoms with E-state index in [9.17, 15) is 22.8 Å². The molecule has 5 atom stereocenters. The van der Waals surface area contributed by atoms with Crippen molar-refractivity contribution in [1.82, 2.24) is 0 Å². The van der Waals surface area contributed by atoms with Crippen LogP contribution in [0.15, 0.2) is 42.5 Å².